The van der Waals surface area contributed by atoms with Gasteiger partial charge in [0.05, 0.1) is 12.6 Å². The van der Waals surface area contributed by atoms with Crippen LogP contribution in [0.25, 0.3) is 16.7 Å². The van der Waals surface area contributed by atoms with Crippen LogP contribution in [0.3, 0.4) is 0 Å². The van der Waals surface area contributed by atoms with Gasteiger partial charge in [0.1, 0.15) is 29.7 Å². The summed E-state index contributed by atoms with van der Waals surface area (Å²) in [6.07, 6.45) is 2.19. The molecule has 0 bridgehead atoms. The van der Waals surface area contributed by atoms with Crippen molar-refractivity contribution in [2.24, 2.45) is 0 Å². The molecule has 31 heavy (non-hydrogen) atoms. The van der Waals surface area contributed by atoms with Crippen LogP contribution in [0.1, 0.15) is 31.9 Å². The summed E-state index contributed by atoms with van der Waals surface area (Å²) < 4.78 is 25.4. The second-order valence-corrected chi connectivity index (χ2v) is 8.32. The Morgan fingerprint density at radius 2 is 1.81 bits per heavy atom. The van der Waals surface area contributed by atoms with Gasteiger partial charge in [0.15, 0.2) is 0 Å². The molecule has 3 aromatic carbocycles. The highest BCUT2D eigenvalue weighted by atomic mass is 19.1. The topological polar surface area (TPSA) is 50.7 Å². The van der Waals surface area contributed by atoms with E-state index < -0.39 is 0 Å². The number of rotatable bonds is 5. The molecule has 0 aliphatic carbocycles. The smallest absolute Gasteiger partial charge is 0.129 e. The van der Waals surface area contributed by atoms with E-state index in [9.17, 15) is 9.50 Å². The van der Waals surface area contributed by atoms with Crippen LogP contribution in [0.15, 0.2) is 60.7 Å². The van der Waals surface area contributed by atoms with Gasteiger partial charge in [-0.1, -0.05) is 18.2 Å². The van der Waals surface area contributed by atoms with Crippen LogP contribution in [0, 0.1) is 5.82 Å². The minimum absolute atomic E-state index is 0.146. The number of aromatic hydroxyl groups is 1. The van der Waals surface area contributed by atoms with Crippen LogP contribution in [0.5, 0.6) is 17.2 Å². The second kappa shape index (κ2) is 7.99. The molecule has 160 valence electrons. The molecule has 0 saturated heterocycles. The molecular weight excluding hydrogens is 393 g/mol. The minimum atomic E-state index is -0.351. The quantitative estimate of drug-likeness (QED) is 0.503. The van der Waals surface area contributed by atoms with Crippen molar-refractivity contribution in [3.8, 4) is 28.4 Å². The summed E-state index contributed by atoms with van der Waals surface area (Å²) in [5, 5.41) is 13.3. The molecule has 4 rings (SSSR count). The molecule has 0 unspecified atom stereocenters. The van der Waals surface area contributed by atoms with E-state index in [1.807, 2.05) is 12.1 Å². The van der Waals surface area contributed by atoms with Gasteiger partial charge in [-0.25, -0.2) is 4.39 Å². The number of allylic oxidation sites excluding steroid dienone is 1. The molecule has 3 aromatic rings. The highest BCUT2D eigenvalue weighted by molar-refractivity contribution is 5.88. The zero-order chi connectivity index (χ0) is 22.2. The van der Waals surface area contributed by atoms with Crippen molar-refractivity contribution in [3.63, 3.8) is 0 Å². The van der Waals surface area contributed by atoms with Gasteiger partial charge in [-0.3, -0.25) is 0 Å². The van der Waals surface area contributed by atoms with Gasteiger partial charge in [-0.05, 0) is 62.2 Å². The van der Waals surface area contributed by atoms with Crippen LogP contribution in [0.2, 0.25) is 0 Å². The van der Waals surface area contributed by atoms with Crippen molar-refractivity contribution in [2.75, 3.05) is 12.4 Å². The lowest BCUT2D eigenvalue weighted by molar-refractivity contribution is 0.304. The summed E-state index contributed by atoms with van der Waals surface area (Å²) in [5.74, 6) is 0.827. The van der Waals surface area contributed by atoms with Crippen LogP contribution in [-0.4, -0.2) is 17.8 Å². The largest absolute Gasteiger partial charge is 0.508 e. The maximum Gasteiger partial charge on any atom is 0.129 e. The molecule has 0 atom stereocenters. The fourth-order valence-electron chi connectivity index (χ4n) is 4.22. The van der Waals surface area contributed by atoms with Gasteiger partial charge in [0.2, 0.25) is 0 Å². The summed E-state index contributed by atoms with van der Waals surface area (Å²) in [5.41, 5.74) is 5.70. The third kappa shape index (κ3) is 4.22. The van der Waals surface area contributed by atoms with Crippen molar-refractivity contribution in [1.29, 1.82) is 0 Å². The summed E-state index contributed by atoms with van der Waals surface area (Å²) in [7, 11) is 1.54. The third-order valence-electron chi connectivity index (χ3n) is 5.40. The first-order valence-electron chi connectivity index (χ1n) is 10.2. The summed E-state index contributed by atoms with van der Waals surface area (Å²) in [4.78, 5) is 0. The number of hydrogen-bond acceptors (Lipinski definition) is 4. The van der Waals surface area contributed by atoms with Gasteiger partial charge < -0.3 is 19.9 Å². The lowest BCUT2D eigenvalue weighted by Gasteiger charge is -2.33. The molecule has 0 aromatic heterocycles. The lowest BCUT2D eigenvalue weighted by Crippen LogP contribution is -2.32. The number of benzene rings is 3. The number of halogens is 1. The standard InChI is InChI=1S/C26H26FNO3/c1-16-14-26(2,3)28-23-11-10-20(21-9-8-17(27)12-24(21)30-4)22(25(16)23)15-31-19-7-5-6-18(29)13-19/h5-14,28-29H,15H2,1-4H3. The van der Waals surface area contributed by atoms with E-state index in [-0.39, 0.29) is 23.7 Å². The molecule has 0 radical (unpaired) electrons. The Bertz CT molecular complexity index is 1170. The van der Waals surface area contributed by atoms with Crippen LogP contribution >= 0.6 is 0 Å². The molecule has 2 N–H and O–H groups in total. The molecule has 1 aliphatic rings. The highest BCUT2D eigenvalue weighted by Crippen LogP contribution is 2.42. The van der Waals surface area contributed by atoms with Crippen molar-refractivity contribution in [3.05, 3.63) is 77.6 Å². The molecule has 4 nitrogen and oxygen atoms in total. The number of phenols is 1. The Morgan fingerprint density at radius 3 is 2.55 bits per heavy atom. The lowest BCUT2D eigenvalue weighted by atomic mass is 9.85. The summed E-state index contributed by atoms with van der Waals surface area (Å²) in [6.45, 7) is 6.61. The van der Waals surface area contributed by atoms with Crippen LogP contribution in [0.4, 0.5) is 10.1 Å². The summed E-state index contributed by atoms with van der Waals surface area (Å²) in [6, 6.07) is 15.3. The maximum absolute atomic E-state index is 13.8. The van der Waals surface area contributed by atoms with Crippen molar-refractivity contribution in [1.82, 2.24) is 0 Å². The first kappa shape index (κ1) is 20.8. The number of methoxy groups -OCH3 is 1. The van der Waals surface area contributed by atoms with E-state index in [1.54, 1.807) is 30.3 Å². The minimum Gasteiger partial charge on any atom is -0.508 e. The first-order valence-corrected chi connectivity index (χ1v) is 10.2. The number of anilines is 1. The van der Waals surface area contributed by atoms with Crippen molar-refractivity contribution >= 4 is 11.3 Å². The Kier molecular flexibility index (Phi) is 5.36. The Morgan fingerprint density at radius 1 is 1.03 bits per heavy atom. The fraction of sp³-hybridized carbons (Fsp3) is 0.231. The number of hydrogen-bond donors (Lipinski definition) is 2. The average Bonchev–Trinajstić information content (AvgIpc) is 2.71. The molecule has 0 fully saturated rings. The molecule has 1 aliphatic heterocycles. The second-order valence-electron chi connectivity index (χ2n) is 8.32. The van der Waals surface area contributed by atoms with Gasteiger partial charge in [-0.2, -0.15) is 0 Å². The Labute approximate surface area is 182 Å². The van der Waals surface area contributed by atoms with Gasteiger partial charge in [0, 0.05) is 34.5 Å². The Balaban J connectivity index is 1.87. The zero-order valence-corrected chi connectivity index (χ0v) is 18.1. The molecule has 1 heterocycles. The number of fused-ring (bicyclic) bond motifs is 1. The third-order valence-corrected chi connectivity index (χ3v) is 5.40. The number of nitrogens with one attached hydrogen (secondary N) is 1. The van der Waals surface area contributed by atoms with Gasteiger partial charge >= 0.3 is 0 Å². The fourth-order valence-corrected chi connectivity index (χ4v) is 4.22. The first-order chi connectivity index (χ1) is 14.8. The van der Waals surface area contributed by atoms with Gasteiger partial charge in [0.25, 0.3) is 0 Å². The van der Waals surface area contributed by atoms with E-state index in [0.29, 0.717) is 11.5 Å². The molecule has 0 amide bonds. The molecule has 5 heteroatoms. The van der Waals surface area contributed by atoms with E-state index >= 15 is 0 Å². The van der Waals surface area contributed by atoms with E-state index in [0.717, 1.165) is 33.5 Å². The molecule has 0 saturated carbocycles. The highest BCUT2D eigenvalue weighted by Gasteiger charge is 2.27. The monoisotopic (exact) mass is 419 g/mol. The predicted octanol–water partition coefficient (Wildman–Crippen LogP) is 6.39. The normalized spacial score (nSPS) is 14.3. The SMILES string of the molecule is COc1cc(F)ccc1-c1ccc2c(c1COc1cccc(O)c1)C(C)=CC(C)(C)N2. The zero-order valence-electron chi connectivity index (χ0n) is 18.1. The average molecular weight is 419 g/mol. The van der Waals surface area contributed by atoms with E-state index in [4.69, 9.17) is 9.47 Å². The van der Waals surface area contributed by atoms with Gasteiger partial charge in [-0.15, -0.1) is 0 Å². The predicted molar refractivity (Wildman–Crippen MR) is 122 cm³/mol. The van der Waals surface area contributed by atoms with Crippen molar-refractivity contribution in [2.45, 2.75) is 32.9 Å². The van der Waals surface area contributed by atoms with E-state index in [1.165, 1.54) is 19.2 Å². The van der Waals surface area contributed by atoms with E-state index in [2.05, 4.69) is 32.2 Å². The van der Waals surface area contributed by atoms with Crippen molar-refractivity contribution < 1.29 is 19.0 Å². The van der Waals surface area contributed by atoms with Crippen LogP contribution < -0.4 is 14.8 Å². The number of phenolic OH excluding ortho intramolecular Hbond substituents is 1. The Hall–Kier alpha value is -3.47. The number of ether oxygens (including phenoxy) is 2. The maximum atomic E-state index is 13.8. The molecule has 0 spiro atoms. The van der Waals surface area contributed by atoms with Crippen LogP contribution in [-0.2, 0) is 6.61 Å². The molecular formula is C26H26FNO3. The summed E-state index contributed by atoms with van der Waals surface area (Å²) >= 11 is 0.